The van der Waals surface area contributed by atoms with Crippen LogP contribution in [0.1, 0.15) is 93.7 Å². The van der Waals surface area contributed by atoms with Gasteiger partial charge in [-0.3, -0.25) is 0 Å². The van der Waals surface area contributed by atoms with Gasteiger partial charge in [-0.2, -0.15) is 0 Å². The van der Waals surface area contributed by atoms with Crippen LogP contribution in [-0.2, 0) is 11.8 Å². The molecule has 0 aliphatic heterocycles. The molecule has 3 rings (SSSR count). The summed E-state index contributed by atoms with van der Waals surface area (Å²) in [6.07, 6.45) is 8.09. The number of hydrogen-bond acceptors (Lipinski definition) is 1. The SMILES string of the molecule is CCc1ccc(-c2ccc(C(CC)(CC)c3ccc(C=CC(O)(CC)CC)c(C)c3)cc2C)cc1F. The van der Waals surface area contributed by atoms with Crippen molar-refractivity contribution in [1.29, 1.82) is 0 Å². The Balaban J connectivity index is 2.01. The quantitative estimate of drug-likeness (QED) is 0.303. The van der Waals surface area contributed by atoms with Crippen molar-refractivity contribution in [3.8, 4) is 11.1 Å². The summed E-state index contributed by atoms with van der Waals surface area (Å²) in [5.74, 6) is -0.129. The highest BCUT2D eigenvalue weighted by Crippen LogP contribution is 2.41. The maximum Gasteiger partial charge on any atom is 0.127 e. The lowest BCUT2D eigenvalue weighted by Crippen LogP contribution is -2.26. The molecule has 36 heavy (non-hydrogen) atoms. The predicted octanol–water partition coefficient (Wildman–Crippen LogP) is 9.34. The molecule has 0 bridgehead atoms. The van der Waals surface area contributed by atoms with Crippen molar-refractivity contribution in [3.63, 3.8) is 0 Å². The average molecular weight is 487 g/mol. The Kier molecular flexibility index (Phi) is 8.95. The van der Waals surface area contributed by atoms with Crippen LogP contribution in [0.5, 0.6) is 0 Å². The van der Waals surface area contributed by atoms with Crippen molar-refractivity contribution in [1.82, 2.24) is 0 Å². The maximum absolute atomic E-state index is 14.5. The molecule has 3 aromatic carbocycles. The van der Waals surface area contributed by atoms with Crippen molar-refractivity contribution < 1.29 is 9.50 Å². The van der Waals surface area contributed by atoms with Gasteiger partial charge in [0.2, 0.25) is 0 Å². The molecule has 0 heterocycles. The standard InChI is InChI=1S/C34H43FO/c1-8-26-13-14-28(23-32(26)35)31-18-17-30(22-25(31)7)34(11-4,12-5)29-16-15-27(24(6)21-29)19-20-33(36,9-2)10-3/h13-23,36H,8-12H2,1-7H3. The van der Waals surface area contributed by atoms with Gasteiger partial charge in [0.05, 0.1) is 5.60 Å². The van der Waals surface area contributed by atoms with Crippen molar-refractivity contribution >= 4 is 6.08 Å². The van der Waals surface area contributed by atoms with Crippen molar-refractivity contribution in [3.05, 3.63) is 99.9 Å². The number of benzene rings is 3. The first-order chi connectivity index (χ1) is 17.2. The lowest BCUT2D eigenvalue weighted by Gasteiger charge is -2.34. The second kappa shape index (κ2) is 11.6. The van der Waals surface area contributed by atoms with Crippen LogP contribution in [0.3, 0.4) is 0 Å². The number of halogens is 1. The minimum absolute atomic E-state index is 0.0960. The van der Waals surface area contributed by atoms with Crippen LogP contribution in [0.4, 0.5) is 4.39 Å². The Bertz CT molecular complexity index is 1210. The van der Waals surface area contributed by atoms with Crippen molar-refractivity contribution in [2.24, 2.45) is 0 Å². The maximum atomic E-state index is 14.5. The van der Waals surface area contributed by atoms with E-state index in [4.69, 9.17) is 0 Å². The Labute approximate surface area is 218 Å². The number of rotatable bonds is 10. The van der Waals surface area contributed by atoms with Gasteiger partial charge in [-0.15, -0.1) is 0 Å². The van der Waals surface area contributed by atoms with Crippen molar-refractivity contribution in [2.45, 2.75) is 91.6 Å². The summed E-state index contributed by atoms with van der Waals surface area (Å²) in [6.45, 7) is 14.8. The van der Waals surface area contributed by atoms with Gasteiger partial charge in [0.1, 0.15) is 5.82 Å². The molecule has 1 nitrogen and oxygen atoms in total. The Hall–Kier alpha value is -2.71. The van der Waals surface area contributed by atoms with Gasteiger partial charge in [-0.05, 0) is 96.5 Å². The van der Waals surface area contributed by atoms with Crippen LogP contribution in [0, 0.1) is 19.7 Å². The fraction of sp³-hybridized carbons (Fsp3) is 0.412. The summed E-state index contributed by atoms with van der Waals surface area (Å²) in [5, 5.41) is 10.7. The molecular weight excluding hydrogens is 443 g/mol. The number of aliphatic hydroxyl groups is 1. The monoisotopic (exact) mass is 486 g/mol. The minimum atomic E-state index is -0.749. The third kappa shape index (κ3) is 5.49. The van der Waals surface area contributed by atoms with E-state index in [1.165, 1.54) is 16.7 Å². The van der Waals surface area contributed by atoms with E-state index in [1.807, 2.05) is 39.0 Å². The third-order valence-electron chi connectivity index (χ3n) is 8.35. The van der Waals surface area contributed by atoms with Gasteiger partial charge in [0.15, 0.2) is 0 Å². The minimum Gasteiger partial charge on any atom is -0.386 e. The summed E-state index contributed by atoms with van der Waals surface area (Å²) in [4.78, 5) is 0. The van der Waals surface area contributed by atoms with Crippen LogP contribution in [0.15, 0.2) is 60.7 Å². The molecule has 0 atom stereocenters. The second-order valence-corrected chi connectivity index (χ2v) is 10.2. The first-order valence-corrected chi connectivity index (χ1v) is 13.6. The lowest BCUT2D eigenvalue weighted by atomic mass is 9.69. The lowest BCUT2D eigenvalue weighted by molar-refractivity contribution is 0.0836. The van der Waals surface area contributed by atoms with Gasteiger partial charge in [-0.25, -0.2) is 4.39 Å². The van der Waals surface area contributed by atoms with Gasteiger partial charge < -0.3 is 5.11 Å². The molecule has 3 aromatic rings. The zero-order valence-corrected chi connectivity index (χ0v) is 23.2. The molecular formula is C34H43FO. The van der Waals surface area contributed by atoms with E-state index in [1.54, 1.807) is 6.07 Å². The smallest absolute Gasteiger partial charge is 0.127 e. The highest BCUT2D eigenvalue weighted by Gasteiger charge is 2.31. The van der Waals surface area contributed by atoms with Gasteiger partial charge >= 0.3 is 0 Å². The van der Waals surface area contributed by atoms with Crippen LogP contribution >= 0.6 is 0 Å². The summed E-state index contributed by atoms with van der Waals surface area (Å²) in [5.41, 5.74) is 8.05. The molecule has 0 radical (unpaired) electrons. The fourth-order valence-corrected chi connectivity index (χ4v) is 5.41. The molecule has 0 spiro atoms. The van der Waals surface area contributed by atoms with Gasteiger partial charge in [-0.1, -0.05) is 95.3 Å². The Morgan fingerprint density at radius 1 is 0.750 bits per heavy atom. The molecule has 0 fully saturated rings. The highest BCUT2D eigenvalue weighted by molar-refractivity contribution is 5.69. The second-order valence-electron chi connectivity index (χ2n) is 10.2. The summed E-state index contributed by atoms with van der Waals surface area (Å²) < 4.78 is 14.5. The molecule has 1 N–H and O–H groups in total. The average Bonchev–Trinajstić information content (AvgIpc) is 2.89. The van der Waals surface area contributed by atoms with Gasteiger partial charge in [0, 0.05) is 5.41 Å². The van der Waals surface area contributed by atoms with E-state index in [-0.39, 0.29) is 11.2 Å². The van der Waals surface area contributed by atoms with E-state index in [0.717, 1.165) is 40.7 Å². The molecule has 0 aliphatic rings. The van der Waals surface area contributed by atoms with Crippen molar-refractivity contribution in [2.75, 3.05) is 0 Å². The van der Waals surface area contributed by atoms with E-state index in [9.17, 15) is 9.50 Å². The Morgan fingerprint density at radius 2 is 1.36 bits per heavy atom. The first kappa shape index (κ1) is 27.9. The fourth-order valence-electron chi connectivity index (χ4n) is 5.41. The predicted molar refractivity (Wildman–Crippen MR) is 153 cm³/mol. The van der Waals surface area contributed by atoms with E-state index in [2.05, 4.69) is 70.2 Å². The molecule has 2 heteroatoms. The zero-order valence-electron chi connectivity index (χ0n) is 23.2. The first-order valence-electron chi connectivity index (χ1n) is 13.6. The van der Waals surface area contributed by atoms with Crippen LogP contribution in [-0.4, -0.2) is 10.7 Å². The molecule has 0 amide bonds. The van der Waals surface area contributed by atoms with Crippen LogP contribution < -0.4 is 0 Å². The van der Waals surface area contributed by atoms with E-state index < -0.39 is 5.60 Å². The summed E-state index contributed by atoms with van der Waals surface area (Å²) >= 11 is 0. The van der Waals surface area contributed by atoms with Crippen LogP contribution in [0.2, 0.25) is 0 Å². The summed E-state index contributed by atoms with van der Waals surface area (Å²) in [7, 11) is 0. The largest absolute Gasteiger partial charge is 0.386 e. The third-order valence-corrected chi connectivity index (χ3v) is 8.35. The zero-order chi connectivity index (χ0) is 26.5. The molecule has 0 saturated carbocycles. The summed E-state index contributed by atoms with van der Waals surface area (Å²) in [6, 6.07) is 19.0. The highest BCUT2D eigenvalue weighted by atomic mass is 19.1. The molecule has 192 valence electrons. The van der Waals surface area contributed by atoms with E-state index >= 15 is 0 Å². The molecule has 0 saturated heterocycles. The normalized spacial score (nSPS) is 12.5. The molecule has 0 aromatic heterocycles. The van der Waals surface area contributed by atoms with Crippen LogP contribution in [0.25, 0.3) is 17.2 Å². The van der Waals surface area contributed by atoms with E-state index in [0.29, 0.717) is 19.3 Å². The Morgan fingerprint density at radius 3 is 1.86 bits per heavy atom. The topological polar surface area (TPSA) is 20.2 Å². The number of aryl methyl sites for hydroxylation is 3. The number of hydrogen-bond donors (Lipinski definition) is 1. The van der Waals surface area contributed by atoms with Gasteiger partial charge in [0.25, 0.3) is 0 Å². The molecule has 0 aliphatic carbocycles. The molecule has 0 unspecified atom stereocenters.